The number of ether oxygens (including phenoxy) is 2. The van der Waals surface area contributed by atoms with E-state index in [0.29, 0.717) is 5.56 Å². The SMILES string of the molecule is Cc1ccc(C23OC(=N)C(C#N)(C2C)C(C#N)(C#N)C(Cc2ccccc2)O3)cc1. The van der Waals surface area contributed by atoms with E-state index >= 15 is 0 Å². The van der Waals surface area contributed by atoms with Crippen LogP contribution in [0.3, 0.4) is 0 Å². The van der Waals surface area contributed by atoms with Crippen molar-refractivity contribution in [1.82, 2.24) is 0 Å². The Hall–Kier alpha value is -3.66. The molecule has 30 heavy (non-hydrogen) atoms. The van der Waals surface area contributed by atoms with Crippen molar-refractivity contribution < 1.29 is 9.47 Å². The minimum absolute atomic E-state index is 0.238. The van der Waals surface area contributed by atoms with Gasteiger partial charge in [-0.05, 0) is 12.5 Å². The van der Waals surface area contributed by atoms with E-state index in [1.165, 1.54) is 0 Å². The van der Waals surface area contributed by atoms with E-state index in [0.717, 1.165) is 11.1 Å². The molecule has 0 radical (unpaired) electrons. The van der Waals surface area contributed by atoms with Crippen molar-refractivity contribution in [2.45, 2.75) is 32.2 Å². The molecular formula is C24H20N4O2. The first-order valence-corrected chi connectivity index (χ1v) is 9.71. The lowest BCUT2D eigenvalue weighted by Gasteiger charge is -2.48. The van der Waals surface area contributed by atoms with Crippen LogP contribution >= 0.6 is 0 Å². The van der Waals surface area contributed by atoms with Crippen LogP contribution in [0.5, 0.6) is 0 Å². The Kier molecular flexibility index (Phi) is 4.39. The summed E-state index contributed by atoms with van der Waals surface area (Å²) in [7, 11) is 0. The number of nitrogens with zero attached hydrogens (tertiary/aromatic N) is 3. The van der Waals surface area contributed by atoms with Gasteiger partial charge >= 0.3 is 0 Å². The van der Waals surface area contributed by atoms with Gasteiger partial charge in [0.05, 0.1) is 24.1 Å². The monoisotopic (exact) mass is 396 g/mol. The molecule has 0 aliphatic carbocycles. The van der Waals surface area contributed by atoms with Gasteiger partial charge in [-0.15, -0.1) is 0 Å². The van der Waals surface area contributed by atoms with Crippen molar-refractivity contribution in [1.29, 1.82) is 21.2 Å². The van der Waals surface area contributed by atoms with E-state index in [2.05, 4.69) is 18.2 Å². The number of nitrogens with one attached hydrogen (secondary N) is 1. The summed E-state index contributed by atoms with van der Waals surface area (Å²) in [4.78, 5) is 0. The van der Waals surface area contributed by atoms with Crippen LogP contribution in [0.15, 0.2) is 54.6 Å². The summed E-state index contributed by atoms with van der Waals surface area (Å²) < 4.78 is 12.4. The third-order valence-electron chi connectivity index (χ3n) is 6.50. The second kappa shape index (κ2) is 6.70. The maximum Gasteiger partial charge on any atom is 0.243 e. The second-order valence-corrected chi connectivity index (χ2v) is 7.93. The fourth-order valence-corrected chi connectivity index (χ4v) is 4.77. The van der Waals surface area contributed by atoms with E-state index in [1.54, 1.807) is 6.92 Å². The molecule has 148 valence electrons. The minimum atomic E-state index is -1.89. The van der Waals surface area contributed by atoms with E-state index in [1.807, 2.05) is 61.5 Å². The normalized spacial score (nSPS) is 31.1. The molecule has 2 fully saturated rings. The number of benzene rings is 2. The van der Waals surface area contributed by atoms with E-state index in [9.17, 15) is 15.8 Å². The molecule has 2 saturated heterocycles. The Labute approximate surface area is 175 Å². The van der Waals surface area contributed by atoms with Crippen molar-refractivity contribution >= 4 is 5.90 Å². The molecule has 4 unspecified atom stereocenters. The van der Waals surface area contributed by atoms with Gasteiger partial charge in [0, 0.05) is 12.0 Å². The van der Waals surface area contributed by atoms with Gasteiger partial charge in [0.2, 0.25) is 11.7 Å². The molecule has 2 aliphatic rings. The fourth-order valence-electron chi connectivity index (χ4n) is 4.77. The molecule has 1 N–H and O–H groups in total. The maximum atomic E-state index is 10.3. The lowest BCUT2D eigenvalue weighted by Crippen LogP contribution is -2.61. The molecule has 0 saturated carbocycles. The van der Waals surface area contributed by atoms with E-state index in [4.69, 9.17) is 14.9 Å². The molecule has 0 aromatic heterocycles. The van der Waals surface area contributed by atoms with Gasteiger partial charge in [0.1, 0.15) is 6.10 Å². The molecule has 6 heteroatoms. The second-order valence-electron chi connectivity index (χ2n) is 7.93. The molecule has 2 aromatic carbocycles. The van der Waals surface area contributed by atoms with Crippen LogP contribution < -0.4 is 0 Å². The standard InChI is InChI=1S/C24H20N4O2/c1-16-8-10-19(11-9-16)24-17(2)23(15-27,21(28)30-24)22(13-25,14-26)20(29-24)12-18-6-4-3-5-7-18/h3-11,17,20,28H,12H2,1-2H3. The molecular weight excluding hydrogens is 376 g/mol. The summed E-state index contributed by atoms with van der Waals surface area (Å²) in [5.41, 5.74) is -1.07. The summed E-state index contributed by atoms with van der Waals surface area (Å²) in [5.74, 6) is -2.55. The molecule has 2 aromatic rings. The number of rotatable bonds is 3. The van der Waals surface area contributed by atoms with Crippen molar-refractivity contribution in [3.05, 3.63) is 71.3 Å². The van der Waals surface area contributed by atoms with Gasteiger partial charge in [-0.1, -0.05) is 67.1 Å². The van der Waals surface area contributed by atoms with Crippen molar-refractivity contribution in [2.75, 3.05) is 0 Å². The lowest BCUT2D eigenvalue weighted by atomic mass is 9.53. The molecule has 0 spiro atoms. The van der Waals surface area contributed by atoms with Crippen LogP contribution in [0.4, 0.5) is 0 Å². The summed E-state index contributed by atoms with van der Waals surface area (Å²) in [6.45, 7) is 3.67. The third-order valence-corrected chi connectivity index (χ3v) is 6.50. The molecule has 0 amide bonds. The number of aryl methyl sites for hydroxylation is 1. The lowest BCUT2D eigenvalue weighted by molar-refractivity contribution is -0.284. The Balaban J connectivity index is 1.94. The van der Waals surface area contributed by atoms with E-state index in [-0.39, 0.29) is 6.42 Å². The van der Waals surface area contributed by atoms with Gasteiger partial charge in [-0.25, -0.2) is 0 Å². The third kappa shape index (κ3) is 2.28. The number of nitriles is 3. The highest BCUT2D eigenvalue weighted by Crippen LogP contribution is 2.65. The summed E-state index contributed by atoms with van der Waals surface area (Å²) >= 11 is 0. The predicted octanol–water partition coefficient (Wildman–Crippen LogP) is 3.98. The maximum absolute atomic E-state index is 10.3. The summed E-state index contributed by atoms with van der Waals surface area (Å²) in [6, 6.07) is 23.2. The van der Waals surface area contributed by atoms with Crippen LogP contribution in [-0.4, -0.2) is 12.0 Å². The highest BCUT2D eigenvalue weighted by molar-refractivity contribution is 5.89. The zero-order valence-electron chi connectivity index (χ0n) is 16.7. The Bertz CT molecular complexity index is 1110. The van der Waals surface area contributed by atoms with E-state index < -0.39 is 34.5 Å². The van der Waals surface area contributed by atoms with Crippen molar-refractivity contribution in [3.63, 3.8) is 0 Å². The van der Waals surface area contributed by atoms with Crippen molar-refractivity contribution in [3.8, 4) is 18.2 Å². The first-order chi connectivity index (χ1) is 14.4. The Morgan fingerprint density at radius 1 is 0.967 bits per heavy atom. The first kappa shape index (κ1) is 19.6. The average molecular weight is 396 g/mol. The van der Waals surface area contributed by atoms with Gasteiger partial charge in [-0.3, -0.25) is 5.41 Å². The number of fused-ring (bicyclic) bond motifs is 2. The molecule has 6 nitrogen and oxygen atoms in total. The summed E-state index contributed by atoms with van der Waals surface area (Å²) in [5, 5.41) is 39.2. The molecule has 4 atom stereocenters. The van der Waals surface area contributed by atoms with Crippen LogP contribution in [0.1, 0.15) is 23.6 Å². The minimum Gasteiger partial charge on any atom is -0.443 e. The zero-order valence-corrected chi connectivity index (χ0v) is 16.7. The van der Waals surface area contributed by atoms with Crippen LogP contribution in [0, 0.1) is 63.1 Å². The highest BCUT2D eigenvalue weighted by Gasteiger charge is 2.79. The Morgan fingerprint density at radius 3 is 2.17 bits per heavy atom. The molecule has 2 aliphatic heterocycles. The first-order valence-electron chi connectivity index (χ1n) is 9.71. The van der Waals surface area contributed by atoms with Gasteiger partial charge in [0.15, 0.2) is 10.8 Å². The van der Waals surface area contributed by atoms with Crippen LogP contribution in [-0.2, 0) is 21.7 Å². The fraction of sp³-hybridized carbons (Fsp3) is 0.333. The van der Waals surface area contributed by atoms with Gasteiger partial charge < -0.3 is 9.47 Å². The predicted molar refractivity (Wildman–Crippen MR) is 108 cm³/mol. The largest absolute Gasteiger partial charge is 0.443 e. The Morgan fingerprint density at radius 2 is 1.60 bits per heavy atom. The zero-order chi connectivity index (χ0) is 21.6. The highest BCUT2D eigenvalue weighted by atomic mass is 16.7. The number of hydrogen-bond acceptors (Lipinski definition) is 6. The molecule has 2 heterocycles. The van der Waals surface area contributed by atoms with Gasteiger partial charge in [-0.2, -0.15) is 15.8 Å². The van der Waals surface area contributed by atoms with Crippen molar-refractivity contribution in [2.24, 2.45) is 16.7 Å². The van der Waals surface area contributed by atoms with Crippen LogP contribution in [0.2, 0.25) is 0 Å². The molecule has 4 rings (SSSR count). The quantitative estimate of drug-likeness (QED) is 0.843. The topological polar surface area (TPSA) is 114 Å². The molecule has 2 bridgehead atoms. The summed E-state index contributed by atoms with van der Waals surface area (Å²) in [6.07, 6.45) is -0.725. The smallest absolute Gasteiger partial charge is 0.243 e. The van der Waals surface area contributed by atoms with Crippen LogP contribution in [0.25, 0.3) is 0 Å². The number of hydrogen-bond donors (Lipinski definition) is 1. The van der Waals surface area contributed by atoms with Gasteiger partial charge in [0.25, 0.3) is 0 Å². The average Bonchev–Trinajstić information content (AvgIpc) is 2.92.